The van der Waals surface area contributed by atoms with E-state index in [9.17, 15) is 4.79 Å². The molecule has 0 spiro atoms. The molecule has 1 N–H and O–H groups in total. The third-order valence-corrected chi connectivity index (χ3v) is 4.09. The van der Waals surface area contributed by atoms with E-state index in [1.807, 2.05) is 24.3 Å². The summed E-state index contributed by atoms with van der Waals surface area (Å²) < 4.78 is 5.20. The molecule has 22 heavy (non-hydrogen) atoms. The first-order valence-electron chi connectivity index (χ1n) is 7.66. The molecule has 0 saturated carbocycles. The number of aryl methyl sites for hydroxylation is 2. The van der Waals surface area contributed by atoms with Gasteiger partial charge in [-0.05, 0) is 55.0 Å². The van der Waals surface area contributed by atoms with E-state index in [4.69, 9.17) is 4.74 Å². The first-order valence-corrected chi connectivity index (χ1v) is 7.66. The number of rotatable bonds is 4. The number of nitrogens with zero attached hydrogens (tertiary/aromatic N) is 1. The molecule has 0 fully saturated rings. The maximum Gasteiger partial charge on any atom is 0.251 e. The second kappa shape index (κ2) is 6.60. The first kappa shape index (κ1) is 14.6. The van der Waals surface area contributed by atoms with Gasteiger partial charge in [-0.1, -0.05) is 12.1 Å². The number of nitrogens with one attached hydrogen (secondary N) is 1. The van der Waals surface area contributed by atoms with Gasteiger partial charge >= 0.3 is 0 Å². The lowest BCUT2D eigenvalue weighted by molar-refractivity contribution is 0.0950. The van der Waals surface area contributed by atoms with Crippen LogP contribution in [0.1, 0.15) is 39.9 Å². The van der Waals surface area contributed by atoms with Gasteiger partial charge in [0.05, 0.1) is 7.11 Å². The highest BCUT2D eigenvalue weighted by molar-refractivity contribution is 5.94. The summed E-state index contributed by atoms with van der Waals surface area (Å²) in [6.45, 7) is 0.410. The zero-order valence-corrected chi connectivity index (χ0v) is 12.8. The van der Waals surface area contributed by atoms with Crippen LogP contribution in [0.2, 0.25) is 0 Å². The minimum atomic E-state index is -0.0562. The quantitative estimate of drug-likeness (QED) is 0.944. The van der Waals surface area contributed by atoms with Crippen molar-refractivity contribution >= 4 is 5.91 Å². The SMILES string of the molecule is COc1ncccc1CNC(=O)c1ccc2c(c1)CCCC2. The standard InChI is InChI=1S/C18H20N2O2/c1-22-18-16(7-4-10-19-18)12-20-17(21)15-9-8-13-5-2-3-6-14(13)11-15/h4,7-11H,2-3,5-6,12H2,1H3,(H,20,21). The largest absolute Gasteiger partial charge is 0.481 e. The van der Waals surface area contributed by atoms with Gasteiger partial charge in [-0.3, -0.25) is 4.79 Å². The Bertz CT molecular complexity index is 683. The summed E-state index contributed by atoms with van der Waals surface area (Å²) in [6, 6.07) is 9.78. The van der Waals surface area contributed by atoms with Gasteiger partial charge in [0.15, 0.2) is 0 Å². The Morgan fingerprint density at radius 3 is 2.86 bits per heavy atom. The Hall–Kier alpha value is -2.36. The number of fused-ring (bicyclic) bond motifs is 1. The smallest absolute Gasteiger partial charge is 0.251 e. The van der Waals surface area contributed by atoms with Crippen LogP contribution in [-0.2, 0) is 19.4 Å². The monoisotopic (exact) mass is 296 g/mol. The third-order valence-electron chi connectivity index (χ3n) is 4.09. The third kappa shape index (κ3) is 3.11. The number of amides is 1. The Kier molecular flexibility index (Phi) is 4.37. The Morgan fingerprint density at radius 2 is 2.05 bits per heavy atom. The Balaban J connectivity index is 1.69. The molecule has 0 aliphatic heterocycles. The van der Waals surface area contributed by atoms with E-state index in [0.29, 0.717) is 12.4 Å². The molecule has 1 aromatic heterocycles. The fourth-order valence-corrected chi connectivity index (χ4v) is 2.89. The molecule has 2 aromatic rings. The minimum absolute atomic E-state index is 0.0562. The van der Waals surface area contributed by atoms with Crippen molar-refractivity contribution in [3.63, 3.8) is 0 Å². The molecular weight excluding hydrogens is 276 g/mol. The van der Waals surface area contributed by atoms with Crippen molar-refractivity contribution in [3.8, 4) is 5.88 Å². The number of pyridine rings is 1. The molecule has 1 aliphatic rings. The van der Waals surface area contributed by atoms with Crippen molar-refractivity contribution in [2.45, 2.75) is 32.2 Å². The van der Waals surface area contributed by atoms with E-state index in [2.05, 4.69) is 16.4 Å². The average Bonchev–Trinajstić information content (AvgIpc) is 2.59. The van der Waals surface area contributed by atoms with E-state index in [1.165, 1.54) is 24.0 Å². The highest BCUT2D eigenvalue weighted by atomic mass is 16.5. The molecule has 1 heterocycles. The summed E-state index contributed by atoms with van der Waals surface area (Å²) >= 11 is 0. The first-order chi connectivity index (χ1) is 10.8. The highest BCUT2D eigenvalue weighted by Gasteiger charge is 2.13. The van der Waals surface area contributed by atoms with Crippen LogP contribution in [-0.4, -0.2) is 18.0 Å². The van der Waals surface area contributed by atoms with E-state index >= 15 is 0 Å². The summed E-state index contributed by atoms with van der Waals surface area (Å²) in [5.74, 6) is 0.493. The molecule has 0 radical (unpaired) electrons. The normalized spacial score (nSPS) is 13.3. The number of methoxy groups -OCH3 is 1. The van der Waals surface area contributed by atoms with Crippen molar-refractivity contribution in [1.29, 1.82) is 0 Å². The van der Waals surface area contributed by atoms with Crippen molar-refractivity contribution in [2.75, 3.05) is 7.11 Å². The molecule has 1 aliphatic carbocycles. The number of aromatic nitrogens is 1. The van der Waals surface area contributed by atoms with E-state index in [0.717, 1.165) is 24.0 Å². The van der Waals surface area contributed by atoms with Crippen LogP contribution in [0.15, 0.2) is 36.5 Å². The number of carbonyl (C=O) groups excluding carboxylic acids is 1. The van der Waals surface area contributed by atoms with Gasteiger partial charge in [-0.15, -0.1) is 0 Å². The zero-order chi connectivity index (χ0) is 15.4. The zero-order valence-electron chi connectivity index (χ0n) is 12.8. The second-order valence-electron chi connectivity index (χ2n) is 5.55. The van der Waals surface area contributed by atoms with Gasteiger partial charge < -0.3 is 10.1 Å². The van der Waals surface area contributed by atoms with E-state index < -0.39 is 0 Å². The minimum Gasteiger partial charge on any atom is -0.481 e. The lowest BCUT2D eigenvalue weighted by Gasteiger charge is -2.16. The van der Waals surface area contributed by atoms with Gasteiger partial charge in [0, 0.05) is 23.9 Å². The van der Waals surface area contributed by atoms with E-state index in [-0.39, 0.29) is 5.91 Å². The molecule has 0 atom stereocenters. The van der Waals surface area contributed by atoms with Crippen LogP contribution in [0.5, 0.6) is 5.88 Å². The summed E-state index contributed by atoms with van der Waals surface area (Å²) in [5.41, 5.74) is 4.30. The molecule has 0 unspecified atom stereocenters. The molecule has 3 rings (SSSR count). The summed E-state index contributed by atoms with van der Waals surface area (Å²) in [5, 5.41) is 2.94. The molecule has 1 aromatic carbocycles. The molecule has 0 saturated heterocycles. The van der Waals surface area contributed by atoms with Crippen LogP contribution >= 0.6 is 0 Å². The Labute approximate surface area is 130 Å². The van der Waals surface area contributed by atoms with E-state index in [1.54, 1.807) is 13.3 Å². The van der Waals surface area contributed by atoms with Gasteiger partial charge in [0.2, 0.25) is 5.88 Å². The molecule has 4 heteroatoms. The lowest BCUT2D eigenvalue weighted by atomic mass is 9.90. The maximum atomic E-state index is 12.3. The molecular formula is C18H20N2O2. The predicted octanol–water partition coefficient (Wildman–Crippen LogP) is 2.90. The van der Waals surface area contributed by atoms with Gasteiger partial charge in [-0.2, -0.15) is 0 Å². The fourth-order valence-electron chi connectivity index (χ4n) is 2.89. The van der Waals surface area contributed by atoms with Gasteiger partial charge in [0.1, 0.15) is 0 Å². The predicted molar refractivity (Wildman–Crippen MR) is 85.0 cm³/mol. The van der Waals surface area contributed by atoms with Crippen LogP contribution in [0.25, 0.3) is 0 Å². The average molecular weight is 296 g/mol. The number of hydrogen-bond donors (Lipinski definition) is 1. The van der Waals surface area contributed by atoms with Crippen molar-refractivity contribution < 1.29 is 9.53 Å². The molecule has 4 nitrogen and oxygen atoms in total. The maximum absolute atomic E-state index is 12.3. The van der Waals surface area contributed by atoms with Crippen molar-refractivity contribution in [1.82, 2.24) is 10.3 Å². The molecule has 1 amide bonds. The highest BCUT2D eigenvalue weighted by Crippen LogP contribution is 2.22. The molecule has 0 bridgehead atoms. The second-order valence-corrected chi connectivity index (χ2v) is 5.55. The van der Waals surface area contributed by atoms with Gasteiger partial charge in [0.25, 0.3) is 5.91 Å². The number of ether oxygens (including phenoxy) is 1. The topological polar surface area (TPSA) is 51.2 Å². The number of hydrogen-bond acceptors (Lipinski definition) is 3. The van der Waals surface area contributed by atoms with Crippen LogP contribution in [0.4, 0.5) is 0 Å². The number of carbonyl (C=O) groups is 1. The fraction of sp³-hybridized carbons (Fsp3) is 0.333. The van der Waals surface area contributed by atoms with Crippen LogP contribution < -0.4 is 10.1 Å². The number of benzene rings is 1. The summed E-state index contributed by atoms with van der Waals surface area (Å²) in [7, 11) is 1.58. The molecule has 114 valence electrons. The summed E-state index contributed by atoms with van der Waals surface area (Å²) in [6.07, 6.45) is 6.34. The van der Waals surface area contributed by atoms with Crippen LogP contribution in [0, 0.1) is 0 Å². The van der Waals surface area contributed by atoms with Crippen molar-refractivity contribution in [3.05, 3.63) is 58.8 Å². The van der Waals surface area contributed by atoms with Crippen LogP contribution in [0.3, 0.4) is 0 Å². The summed E-state index contributed by atoms with van der Waals surface area (Å²) in [4.78, 5) is 16.5. The Morgan fingerprint density at radius 1 is 1.23 bits per heavy atom. The lowest BCUT2D eigenvalue weighted by Crippen LogP contribution is -2.23. The van der Waals surface area contributed by atoms with Crippen molar-refractivity contribution in [2.24, 2.45) is 0 Å². The van der Waals surface area contributed by atoms with Gasteiger partial charge in [-0.25, -0.2) is 4.98 Å².